The molecule has 1 N–H and O–H groups in total. The summed E-state index contributed by atoms with van der Waals surface area (Å²) in [6, 6.07) is 17.8. The predicted octanol–water partition coefficient (Wildman–Crippen LogP) is 4.01. The van der Waals surface area contributed by atoms with Crippen molar-refractivity contribution in [3.63, 3.8) is 0 Å². The molecule has 2 aromatic carbocycles. The van der Waals surface area contributed by atoms with E-state index in [1.807, 2.05) is 42.5 Å². The fourth-order valence-electron chi connectivity index (χ4n) is 5.27. The van der Waals surface area contributed by atoms with Gasteiger partial charge < -0.3 is 14.6 Å². The maximum atomic E-state index is 13.3. The number of nitrogens with zero attached hydrogens (tertiary/aromatic N) is 1. The van der Waals surface area contributed by atoms with Crippen LogP contribution in [0.4, 0.5) is 0 Å². The molecule has 0 unspecified atom stereocenters. The number of aliphatic hydroxyl groups excluding tert-OH is 1. The number of carbonyl (C=O) groups is 1. The molecule has 0 spiro atoms. The summed E-state index contributed by atoms with van der Waals surface area (Å²) in [6.07, 6.45) is 4.48. The first-order valence-electron chi connectivity index (χ1n) is 11.4. The van der Waals surface area contributed by atoms with Gasteiger partial charge in [-0.15, -0.1) is 0 Å². The van der Waals surface area contributed by atoms with Crippen molar-refractivity contribution in [3.05, 3.63) is 65.7 Å². The summed E-state index contributed by atoms with van der Waals surface area (Å²) in [6.45, 7) is 1.92. The highest BCUT2D eigenvalue weighted by atomic mass is 16.5. The van der Waals surface area contributed by atoms with Crippen LogP contribution < -0.4 is 4.74 Å². The standard InChI is InChI=1S/C26H33NO4/c1-30-23-13-11-19(12-14-23)18-31-26(29)25(21-9-5-6-10-21)27-15-22(17-28)24(16-27)20-7-3-2-4-8-20/h2-4,7-8,11-14,21-22,24-25,28H,5-6,9-10,15-18H2,1H3/t22-,24-,25+/m1/s1. The molecule has 0 aromatic heterocycles. The molecule has 0 amide bonds. The van der Waals surface area contributed by atoms with Gasteiger partial charge in [-0.2, -0.15) is 0 Å². The summed E-state index contributed by atoms with van der Waals surface area (Å²) < 4.78 is 11.0. The molecule has 2 fully saturated rings. The third-order valence-corrected chi connectivity index (χ3v) is 6.95. The van der Waals surface area contributed by atoms with Crippen molar-refractivity contribution >= 4 is 5.97 Å². The normalized spacial score (nSPS) is 23.0. The van der Waals surface area contributed by atoms with Gasteiger partial charge in [0.05, 0.1) is 7.11 Å². The molecule has 1 aliphatic heterocycles. The lowest BCUT2D eigenvalue weighted by Crippen LogP contribution is -2.45. The Kier molecular flexibility index (Phi) is 7.25. The number of aliphatic hydroxyl groups is 1. The van der Waals surface area contributed by atoms with Gasteiger partial charge in [-0.25, -0.2) is 0 Å². The van der Waals surface area contributed by atoms with Crippen molar-refractivity contribution in [2.24, 2.45) is 11.8 Å². The average molecular weight is 424 g/mol. The van der Waals surface area contributed by atoms with Crippen LogP contribution in [-0.4, -0.2) is 48.8 Å². The van der Waals surface area contributed by atoms with E-state index in [1.165, 1.54) is 18.4 Å². The fraction of sp³-hybridized carbons (Fsp3) is 0.500. The fourth-order valence-corrected chi connectivity index (χ4v) is 5.27. The van der Waals surface area contributed by atoms with Gasteiger partial charge in [0.2, 0.25) is 0 Å². The van der Waals surface area contributed by atoms with Gasteiger partial charge in [0, 0.05) is 31.5 Å². The molecule has 0 radical (unpaired) electrons. The Morgan fingerprint density at radius 1 is 1.06 bits per heavy atom. The van der Waals surface area contributed by atoms with Crippen molar-refractivity contribution in [2.45, 2.75) is 44.2 Å². The van der Waals surface area contributed by atoms with Gasteiger partial charge in [-0.05, 0) is 42.0 Å². The van der Waals surface area contributed by atoms with E-state index in [2.05, 4.69) is 17.0 Å². The highest BCUT2D eigenvalue weighted by Gasteiger charge is 2.43. The van der Waals surface area contributed by atoms with E-state index in [-0.39, 0.29) is 37.1 Å². The van der Waals surface area contributed by atoms with Crippen LogP contribution in [-0.2, 0) is 16.1 Å². The molecule has 4 rings (SSSR count). The van der Waals surface area contributed by atoms with Crippen molar-refractivity contribution in [3.8, 4) is 5.75 Å². The summed E-state index contributed by atoms with van der Waals surface area (Å²) in [4.78, 5) is 15.6. The lowest BCUT2D eigenvalue weighted by Gasteiger charge is -2.31. The smallest absolute Gasteiger partial charge is 0.323 e. The molecule has 1 saturated heterocycles. The molecule has 166 valence electrons. The molecule has 1 aliphatic carbocycles. The van der Waals surface area contributed by atoms with Crippen LogP contribution in [0.15, 0.2) is 54.6 Å². The summed E-state index contributed by atoms with van der Waals surface area (Å²) in [5.41, 5.74) is 2.19. The lowest BCUT2D eigenvalue weighted by molar-refractivity contribution is -0.153. The van der Waals surface area contributed by atoms with Crippen LogP contribution in [0, 0.1) is 11.8 Å². The number of carbonyl (C=O) groups excluding carboxylic acids is 1. The number of ether oxygens (including phenoxy) is 2. The molecule has 31 heavy (non-hydrogen) atoms. The minimum atomic E-state index is -0.233. The number of esters is 1. The van der Waals surface area contributed by atoms with Crippen LogP contribution in [0.3, 0.4) is 0 Å². The van der Waals surface area contributed by atoms with Gasteiger partial charge in [0.25, 0.3) is 0 Å². The molecule has 5 nitrogen and oxygen atoms in total. The van der Waals surface area contributed by atoms with Gasteiger partial charge in [-0.3, -0.25) is 9.69 Å². The maximum absolute atomic E-state index is 13.3. The van der Waals surface area contributed by atoms with Crippen LogP contribution in [0.2, 0.25) is 0 Å². The van der Waals surface area contributed by atoms with E-state index in [0.717, 1.165) is 37.2 Å². The third kappa shape index (κ3) is 5.10. The zero-order chi connectivity index (χ0) is 21.6. The summed E-state index contributed by atoms with van der Waals surface area (Å²) >= 11 is 0. The van der Waals surface area contributed by atoms with Gasteiger partial charge >= 0.3 is 5.97 Å². The number of benzene rings is 2. The van der Waals surface area contributed by atoms with E-state index < -0.39 is 0 Å². The zero-order valence-corrected chi connectivity index (χ0v) is 18.3. The molecule has 1 saturated carbocycles. The molecule has 5 heteroatoms. The number of hydrogen-bond acceptors (Lipinski definition) is 5. The number of hydrogen-bond donors (Lipinski definition) is 1. The average Bonchev–Trinajstić information content (AvgIpc) is 3.49. The highest BCUT2D eigenvalue weighted by molar-refractivity contribution is 5.76. The topological polar surface area (TPSA) is 59.0 Å². The Labute approximate surface area is 185 Å². The van der Waals surface area contributed by atoms with Crippen molar-refractivity contribution < 1.29 is 19.4 Å². The van der Waals surface area contributed by atoms with Crippen LogP contribution >= 0.6 is 0 Å². The first-order chi connectivity index (χ1) is 15.2. The van der Waals surface area contributed by atoms with Crippen LogP contribution in [0.1, 0.15) is 42.7 Å². The minimum absolute atomic E-state index is 0.131. The number of methoxy groups -OCH3 is 1. The SMILES string of the molecule is COc1ccc(COC(=O)[C@H](C2CCCC2)N2C[C@H](CO)[C@@H](c3ccccc3)C2)cc1. The number of likely N-dealkylation sites (tertiary alicyclic amines) is 1. The summed E-state index contributed by atoms with van der Waals surface area (Å²) in [7, 11) is 1.64. The van der Waals surface area contributed by atoms with E-state index in [4.69, 9.17) is 9.47 Å². The molecule has 2 aromatic rings. The Balaban J connectivity index is 1.47. The van der Waals surface area contributed by atoms with E-state index >= 15 is 0 Å². The highest BCUT2D eigenvalue weighted by Crippen LogP contribution is 2.38. The van der Waals surface area contributed by atoms with Gasteiger partial charge in [0.1, 0.15) is 18.4 Å². The monoisotopic (exact) mass is 423 g/mol. The van der Waals surface area contributed by atoms with E-state index in [9.17, 15) is 9.90 Å². The quantitative estimate of drug-likeness (QED) is 0.650. The third-order valence-electron chi connectivity index (χ3n) is 6.95. The predicted molar refractivity (Wildman–Crippen MR) is 120 cm³/mol. The molecule has 0 bridgehead atoms. The van der Waals surface area contributed by atoms with Gasteiger partial charge in [-0.1, -0.05) is 55.3 Å². The van der Waals surface area contributed by atoms with Gasteiger partial charge in [0.15, 0.2) is 0 Å². The van der Waals surface area contributed by atoms with Crippen molar-refractivity contribution in [1.29, 1.82) is 0 Å². The van der Waals surface area contributed by atoms with Crippen LogP contribution in [0.5, 0.6) is 5.75 Å². The van der Waals surface area contributed by atoms with E-state index in [0.29, 0.717) is 5.92 Å². The Morgan fingerprint density at radius 2 is 1.77 bits per heavy atom. The Morgan fingerprint density at radius 3 is 2.42 bits per heavy atom. The second kappa shape index (κ2) is 10.3. The molecular formula is C26H33NO4. The minimum Gasteiger partial charge on any atom is -0.497 e. The molecule has 1 heterocycles. The zero-order valence-electron chi connectivity index (χ0n) is 18.3. The lowest BCUT2D eigenvalue weighted by atomic mass is 9.90. The number of rotatable bonds is 8. The Bertz CT molecular complexity index is 832. The van der Waals surface area contributed by atoms with Crippen LogP contribution in [0.25, 0.3) is 0 Å². The largest absolute Gasteiger partial charge is 0.497 e. The first-order valence-corrected chi connectivity index (χ1v) is 11.4. The second-order valence-corrected chi connectivity index (χ2v) is 8.86. The molecule has 3 atom stereocenters. The Hall–Kier alpha value is -2.37. The van der Waals surface area contributed by atoms with Crippen molar-refractivity contribution in [1.82, 2.24) is 4.90 Å². The maximum Gasteiger partial charge on any atom is 0.323 e. The summed E-state index contributed by atoms with van der Waals surface area (Å²) in [5, 5.41) is 10.0. The summed E-state index contributed by atoms with van der Waals surface area (Å²) in [5.74, 6) is 1.37. The molecule has 2 aliphatic rings. The second-order valence-electron chi connectivity index (χ2n) is 8.86. The van der Waals surface area contributed by atoms with Crippen molar-refractivity contribution in [2.75, 3.05) is 26.8 Å². The first kappa shape index (κ1) is 21.8. The van der Waals surface area contributed by atoms with E-state index in [1.54, 1.807) is 7.11 Å². The molecular weight excluding hydrogens is 390 g/mol.